The van der Waals surface area contributed by atoms with Crippen molar-refractivity contribution in [2.24, 2.45) is 0 Å². The number of nitrogens with zero attached hydrogens (tertiary/aromatic N) is 2. The Morgan fingerprint density at radius 2 is 1.68 bits per heavy atom. The second-order valence-corrected chi connectivity index (χ2v) is 10.2. The minimum Gasteiger partial charge on any atom is -0.495 e. The zero-order chi connectivity index (χ0) is 28.7. The number of aliphatic carboxylic acids is 1. The Balaban J connectivity index is 0.000000638. The largest absolute Gasteiger partial charge is 0.495 e. The molecule has 1 heterocycles. The van der Waals surface area contributed by atoms with Crippen molar-refractivity contribution in [2.75, 3.05) is 49.5 Å². The number of hydrogen-bond acceptors (Lipinski definition) is 7. The van der Waals surface area contributed by atoms with Crippen molar-refractivity contribution in [3.63, 3.8) is 0 Å². The van der Waals surface area contributed by atoms with Gasteiger partial charge in [0.25, 0.3) is 10.0 Å². The maximum Gasteiger partial charge on any atom is 0.490 e. The fraction of sp³-hybridized carbons (Fsp3) is 0.391. The first-order chi connectivity index (χ1) is 17.7. The Morgan fingerprint density at radius 3 is 2.16 bits per heavy atom. The molecule has 0 unspecified atom stereocenters. The number of halogens is 4. The van der Waals surface area contributed by atoms with E-state index in [1.54, 1.807) is 6.07 Å². The van der Waals surface area contributed by atoms with Crippen molar-refractivity contribution in [3.05, 3.63) is 47.0 Å². The van der Waals surface area contributed by atoms with Gasteiger partial charge in [0, 0.05) is 26.2 Å². The first-order valence-corrected chi connectivity index (χ1v) is 13.1. The predicted octanol–water partition coefficient (Wildman–Crippen LogP) is 4.01. The summed E-state index contributed by atoms with van der Waals surface area (Å²) in [7, 11) is -2.56. The number of piperazine rings is 1. The Kier molecular flexibility index (Phi) is 10.6. The number of carbonyl (C=O) groups is 2. The number of carboxylic acid groups (broad SMARTS) is 2. The highest BCUT2D eigenvalue weighted by molar-refractivity contribution is 7.92. The van der Waals surface area contributed by atoms with E-state index in [0.717, 1.165) is 39.1 Å². The molecule has 1 saturated heterocycles. The lowest BCUT2D eigenvalue weighted by atomic mass is 10.1. The summed E-state index contributed by atoms with van der Waals surface area (Å²) in [5.74, 6) is -3.53. The molecule has 1 aliphatic heterocycles. The maximum atomic E-state index is 13.0. The van der Waals surface area contributed by atoms with Crippen molar-refractivity contribution in [3.8, 4) is 5.75 Å². The number of carboxylic acids is 2. The van der Waals surface area contributed by atoms with Gasteiger partial charge in [0.05, 0.1) is 34.0 Å². The van der Waals surface area contributed by atoms with Gasteiger partial charge in [0.15, 0.2) is 0 Å². The Bertz CT molecular complexity index is 1250. The van der Waals surface area contributed by atoms with Crippen LogP contribution in [0.5, 0.6) is 5.75 Å². The zero-order valence-corrected chi connectivity index (χ0v) is 22.0. The molecule has 38 heavy (non-hydrogen) atoms. The van der Waals surface area contributed by atoms with Gasteiger partial charge in [0.2, 0.25) is 0 Å². The molecule has 1 aliphatic rings. The third-order valence-corrected chi connectivity index (χ3v) is 7.08. The lowest BCUT2D eigenvalue weighted by Gasteiger charge is -2.37. The molecular weight excluding hydrogens is 555 g/mol. The molecular formula is C23H27ClF3N3O7S. The molecule has 3 N–H and O–H groups in total. The lowest BCUT2D eigenvalue weighted by molar-refractivity contribution is -0.192. The van der Waals surface area contributed by atoms with Crippen molar-refractivity contribution in [1.82, 2.24) is 4.90 Å². The van der Waals surface area contributed by atoms with E-state index in [0.29, 0.717) is 11.4 Å². The molecule has 0 aromatic heterocycles. The van der Waals surface area contributed by atoms with Gasteiger partial charge in [-0.25, -0.2) is 18.0 Å². The van der Waals surface area contributed by atoms with E-state index in [1.165, 1.54) is 37.4 Å². The molecule has 0 aliphatic carbocycles. The van der Waals surface area contributed by atoms with Crippen LogP contribution in [0.15, 0.2) is 41.3 Å². The zero-order valence-electron chi connectivity index (χ0n) is 20.5. The maximum absolute atomic E-state index is 13.0. The van der Waals surface area contributed by atoms with Gasteiger partial charge in [-0.3, -0.25) is 9.62 Å². The van der Waals surface area contributed by atoms with Crippen molar-refractivity contribution in [2.45, 2.75) is 24.4 Å². The number of sulfonamides is 1. The molecule has 2 aromatic rings. The van der Waals surface area contributed by atoms with E-state index in [9.17, 15) is 31.5 Å². The molecule has 10 nitrogen and oxygen atoms in total. The number of nitrogens with one attached hydrogen (secondary N) is 1. The highest BCUT2D eigenvalue weighted by Gasteiger charge is 2.38. The average Bonchev–Trinajstić information content (AvgIpc) is 2.84. The fourth-order valence-electron chi connectivity index (χ4n) is 3.57. The molecule has 3 rings (SSSR count). The number of alkyl halides is 3. The summed E-state index contributed by atoms with van der Waals surface area (Å²) in [6.45, 7) is 6.30. The second kappa shape index (κ2) is 13.0. The van der Waals surface area contributed by atoms with Gasteiger partial charge in [-0.15, -0.1) is 0 Å². The summed E-state index contributed by atoms with van der Waals surface area (Å²) in [4.78, 5) is 24.7. The summed E-state index contributed by atoms with van der Waals surface area (Å²) >= 11 is 6.09. The summed E-state index contributed by atoms with van der Waals surface area (Å²) in [5.41, 5.74) is 0.860. The Morgan fingerprint density at radius 1 is 1.08 bits per heavy atom. The molecule has 0 amide bonds. The molecule has 210 valence electrons. The molecule has 1 fully saturated rings. The quantitative estimate of drug-likeness (QED) is 0.422. The third kappa shape index (κ3) is 8.39. The van der Waals surface area contributed by atoms with Crippen LogP contribution in [0.2, 0.25) is 5.02 Å². The SMILES string of the molecule is CCCN1CCN(c2ccc(C(=O)O)cc2NS(=O)(=O)c2ccc(OC)c(Cl)c2)CC1.O=C(O)C(F)(F)F. The number of aromatic carboxylic acids is 1. The number of ether oxygens (including phenoxy) is 1. The molecule has 0 radical (unpaired) electrons. The second-order valence-electron chi connectivity index (χ2n) is 8.07. The first-order valence-electron chi connectivity index (χ1n) is 11.2. The lowest BCUT2D eigenvalue weighted by Crippen LogP contribution is -2.46. The van der Waals surface area contributed by atoms with E-state index >= 15 is 0 Å². The van der Waals surface area contributed by atoms with Gasteiger partial charge in [-0.1, -0.05) is 18.5 Å². The van der Waals surface area contributed by atoms with Crippen LogP contribution in [0.1, 0.15) is 23.7 Å². The van der Waals surface area contributed by atoms with Gasteiger partial charge in [-0.05, 0) is 49.4 Å². The van der Waals surface area contributed by atoms with Crippen molar-refractivity contribution >= 4 is 44.9 Å². The van der Waals surface area contributed by atoms with Crippen molar-refractivity contribution < 1.29 is 46.1 Å². The number of hydrogen-bond donors (Lipinski definition) is 3. The summed E-state index contributed by atoms with van der Waals surface area (Å²) < 4.78 is 65.4. The number of anilines is 2. The Labute approximate surface area is 222 Å². The molecule has 0 bridgehead atoms. The van der Waals surface area contributed by atoms with E-state index in [2.05, 4.69) is 21.4 Å². The van der Waals surface area contributed by atoms with E-state index in [4.69, 9.17) is 26.2 Å². The third-order valence-electron chi connectivity index (χ3n) is 5.42. The van der Waals surface area contributed by atoms with Crippen LogP contribution in [0.25, 0.3) is 0 Å². The topological polar surface area (TPSA) is 136 Å². The van der Waals surface area contributed by atoms with Gasteiger partial charge < -0.3 is 19.8 Å². The van der Waals surface area contributed by atoms with Crippen LogP contribution in [0, 0.1) is 0 Å². The van der Waals surface area contributed by atoms with Crippen LogP contribution >= 0.6 is 11.6 Å². The van der Waals surface area contributed by atoms with Crippen LogP contribution in [0.4, 0.5) is 24.5 Å². The summed E-state index contributed by atoms with van der Waals surface area (Å²) in [5, 5.41) is 16.7. The predicted molar refractivity (Wildman–Crippen MR) is 135 cm³/mol. The smallest absolute Gasteiger partial charge is 0.490 e. The molecule has 0 saturated carbocycles. The molecule has 0 atom stereocenters. The molecule has 15 heteroatoms. The number of methoxy groups -OCH3 is 1. The highest BCUT2D eigenvalue weighted by atomic mass is 35.5. The summed E-state index contributed by atoms with van der Waals surface area (Å²) in [6, 6.07) is 8.64. The monoisotopic (exact) mass is 581 g/mol. The molecule has 2 aromatic carbocycles. The first kappa shape index (κ1) is 31.0. The number of benzene rings is 2. The average molecular weight is 582 g/mol. The van der Waals surface area contributed by atoms with Crippen LogP contribution in [0.3, 0.4) is 0 Å². The van der Waals surface area contributed by atoms with Crippen LogP contribution < -0.4 is 14.4 Å². The number of rotatable bonds is 8. The van der Waals surface area contributed by atoms with E-state index in [-0.39, 0.29) is 21.2 Å². The van der Waals surface area contributed by atoms with Crippen LogP contribution in [-0.4, -0.2) is 81.5 Å². The van der Waals surface area contributed by atoms with E-state index in [1.807, 2.05) is 0 Å². The minimum atomic E-state index is -5.08. The van der Waals surface area contributed by atoms with Gasteiger partial charge >= 0.3 is 18.1 Å². The fourth-order valence-corrected chi connectivity index (χ4v) is 4.99. The Hall–Kier alpha value is -3.23. The van der Waals surface area contributed by atoms with Crippen molar-refractivity contribution in [1.29, 1.82) is 0 Å². The normalized spacial score (nSPS) is 14.3. The standard InChI is InChI=1S/C21H26ClN3O5S.C2HF3O2/c1-3-8-24-9-11-25(12-10-24)19-6-4-15(21(26)27)13-18(19)23-31(28,29)16-5-7-20(30-2)17(22)14-16;3-2(4,5)1(6)7/h4-7,13-14,23H,3,8-12H2,1-2H3,(H,26,27);(H,6,7). The molecule has 0 spiro atoms. The summed E-state index contributed by atoms with van der Waals surface area (Å²) in [6.07, 6.45) is -4.01. The minimum absolute atomic E-state index is 0.00108. The van der Waals surface area contributed by atoms with Gasteiger partial charge in [-0.2, -0.15) is 13.2 Å². The van der Waals surface area contributed by atoms with Crippen LogP contribution in [-0.2, 0) is 14.8 Å². The van der Waals surface area contributed by atoms with Gasteiger partial charge in [0.1, 0.15) is 5.75 Å². The highest BCUT2D eigenvalue weighted by Crippen LogP contribution is 2.32. The van der Waals surface area contributed by atoms with E-state index < -0.39 is 28.1 Å².